The maximum absolute atomic E-state index is 14.1. The molecule has 3 rings (SSSR count). The summed E-state index contributed by atoms with van der Waals surface area (Å²) in [5, 5.41) is 3.53. The Balaban J connectivity index is 2.10. The molecule has 0 bridgehead atoms. The lowest BCUT2D eigenvalue weighted by Gasteiger charge is -2.32. The third-order valence-corrected chi connectivity index (χ3v) is 9.58. The summed E-state index contributed by atoms with van der Waals surface area (Å²) >= 11 is 12.3. The van der Waals surface area contributed by atoms with Gasteiger partial charge in [0.25, 0.3) is 10.0 Å². The highest BCUT2D eigenvalue weighted by molar-refractivity contribution is 7.92. The number of hydrogen-bond acceptors (Lipinski definition) is 6. The van der Waals surface area contributed by atoms with E-state index in [1.54, 1.807) is 43.3 Å². The number of ether oxygens (including phenoxy) is 2. The van der Waals surface area contributed by atoms with Crippen LogP contribution in [0, 0.1) is 6.92 Å². The molecular weight excluding hydrogens is 613 g/mol. The number of aryl methyl sites for hydroxylation is 1. The highest BCUT2D eigenvalue weighted by Gasteiger charge is 2.33. The fourth-order valence-electron chi connectivity index (χ4n) is 4.23. The third kappa shape index (κ3) is 8.34. The van der Waals surface area contributed by atoms with Crippen LogP contribution in [0.4, 0.5) is 5.69 Å². The SMILES string of the molecule is CC[C@H](C)NC(=O)[C@H](C)N(Cc1ccc(Cl)c(Cl)c1)C(=O)CN(c1ccc(OC)c(OC)c1)S(=O)(=O)c1ccc(C)cc1. The first-order valence-electron chi connectivity index (χ1n) is 13.7. The van der Waals surface area contributed by atoms with Crippen molar-refractivity contribution in [2.45, 2.75) is 57.6 Å². The van der Waals surface area contributed by atoms with Crippen molar-refractivity contribution in [2.75, 3.05) is 25.1 Å². The van der Waals surface area contributed by atoms with Crippen LogP contribution >= 0.6 is 23.2 Å². The average molecular weight is 651 g/mol. The molecule has 0 aromatic heterocycles. The molecular formula is C31H37Cl2N3O6S. The summed E-state index contributed by atoms with van der Waals surface area (Å²) in [6.45, 7) is 6.62. The summed E-state index contributed by atoms with van der Waals surface area (Å²) in [7, 11) is -1.35. The maximum atomic E-state index is 14.1. The highest BCUT2D eigenvalue weighted by Crippen LogP contribution is 2.34. The average Bonchev–Trinajstić information content (AvgIpc) is 2.99. The molecule has 3 aromatic rings. The topological polar surface area (TPSA) is 105 Å². The Kier molecular flexibility index (Phi) is 11.7. The lowest BCUT2D eigenvalue weighted by molar-refractivity contribution is -0.139. The van der Waals surface area contributed by atoms with Gasteiger partial charge < -0.3 is 19.7 Å². The second kappa shape index (κ2) is 14.8. The summed E-state index contributed by atoms with van der Waals surface area (Å²) < 4.78 is 39.9. The number of amides is 2. The van der Waals surface area contributed by atoms with Crippen molar-refractivity contribution >= 4 is 50.7 Å². The number of sulfonamides is 1. The second-order valence-electron chi connectivity index (χ2n) is 10.1. The fourth-order valence-corrected chi connectivity index (χ4v) is 5.96. The molecule has 232 valence electrons. The molecule has 0 spiro atoms. The van der Waals surface area contributed by atoms with Crippen molar-refractivity contribution in [1.29, 1.82) is 0 Å². The number of methoxy groups -OCH3 is 2. The quantitative estimate of drug-likeness (QED) is 0.249. The number of carbonyl (C=O) groups is 2. The van der Waals surface area contributed by atoms with Gasteiger partial charge in [0, 0.05) is 18.7 Å². The van der Waals surface area contributed by atoms with Crippen LogP contribution in [0.5, 0.6) is 11.5 Å². The molecule has 1 N–H and O–H groups in total. The van der Waals surface area contributed by atoms with Gasteiger partial charge in [0.1, 0.15) is 12.6 Å². The molecule has 43 heavy (non-hydrogen) atoms. The van der Waals surface area contributed by atoms with Crippen LogP contribution in [0.3, 0.4) is 0 Å². The maximum Gasteiger partial charge on any atom is 0.264 e. The smallest absolute Gasteiger partial charge is 0.264 e. The van der Waals surface area contributed by atoms with Crippen molar-refractivity contribution in [3.63, 3.8) is 0 Å². The second-order valence-corrected chi connectivity index (χ2v) is 12.8. The minimum absolute atomic E-state index is 0.000667. The van der Waals surface area contributed by atoms with E-state index in [0.29, 0.717) is 22.8 Å². The van der Waals surface area contributed by atoms with Gasteiger partial charge in [-0.15, -0.1) is 0 Å². The van der Waals surface area contributed by atoms with E-state index in [-0.39, 0.29) is 39.8 Å². The highest BCUT2D eigenvalue weighted by atomic mass is 35.5. The Morgan fingerprint density at radius 3 is 2.14 bits per heavy atom. The number of halogens is 2. The van der Waals surface area contributed by atoms with Crippen LogP contribution in [0.1, 0.15) is 38.3 Å². The first-order chi connectivity index (χ1) is 20.3. The molecule has 2 amide bonds. The van der Waals surface area contributed by atoms with E-state index in [0.717, 1.165) is 9.87 Å². The molecule has 0 unspecified atom stereocenters. The van der Waals surface area contributed by atoms with Crippen molar-refractivity contribution < 1.29 is 27.5 Å². The van der Waals surface area contributed by atoms with Crippen LogP contribution in [0.15, 0.2) is 65.6 Å². The Hall–Kier alpha value is -3.47. The van der Waals surface area contributed by atoms with Crippen LogP contribution in [0.25, 0.3) is 0 Å². The Labute approximate surface area is 263 Å². The number of benzene rings is 3. The van der Waals surface area contributed by atoms with Crippen LogP contribution in [-0.2, 0) is 26.2 Å². The summed E-state index contributed by atoms with van der Waals surface area (Å²) in [6, 6.07) is 14.8. The van der Waals surface area contributed by atoms with E-state index in [9.17, 15) is 18.0 Å². The molecule has 0 aliphatic rings. The van der Waals surface area contributed by atoms with Crippen LogP contribution in [-0.4, -0.2) is 58.0 Å². The van der Waals surface area contributed by atoms with Gasteiger partial charge in [-0.25, -0.2) is 8.42 Å². The lowest BCUT2D eigenvalue weighted by Crippen LogP contribution is -2.52. The summed E-state index contributed by atoms with van der Waals surface area (Å²) in [6.07, 6.45) is 0.696. The molecule has 12 heteroatoms. The first-order valence-corrected chi connectivity index (χ1v) is 15.9. The molecule has 0 aliphatic heterocycles. The van der Waals surface area contributed by atoms with E-state index in [1.165, 1.54) is 43.4 Å². The van der Waals surface area contributed by atoms with E-state index >= 15 is 0 Å². The summed E-state index contributed by atoms with van der Waals surface area (Å²) in [4.78, 5) is 28.7. The predicted molar refractivity (Wildman–Crippen MR) is 170 cm³/mol. The van der Waals surface area contributed by atoms with Gasteiger partial charge in [0.05, 0.1) is 34.8 Å². The normalized spacial score (nSPS) is 12.7. The third-order valence-electron chi connectivity index (χ3n) is 7.05. The monoisotopic (exact) mass is 649 g/mol. The molecule has 0 saturated heterocycles. The van der Waals surface area contributed by atoms with E-state index in [1.807, 2.05) is 20.8 Å². The molecule has 0 radical (unpaired) electrons. The van der Waals surface area contributed by atoms with Gasteiger partial charge in [-0.2, -0.15) is 0 Å². The molecule has 3 aromatic carbocycles. The predicted octanol–water partition coefficient (Wildman–Crippen LogP) is 5.85. The van der Waals surface area contributed by atoms with Crippen molar-refractivity contribution in [1.82, 2.24) is 10.2 Å². The number of hydrogen-bond donors (Lipinski definition) is 1. The van der Waals surface area contributed by atoms with E-state index in [4.69, 9.17) is 32.7 Å². The van der Waals surface area contributed by atoms with Crippen molar-refractivity contribution in [3.05, 3.63) is 81.8 Å². The van der Waals surface area contributed by atoms with Gasteiger partial charge in [0.15, 0.2) is 11.5 Å². The number of rotatable bonds is 13. The molecule has 0 aliphatic carbocycles. The Morgan fingerprint density at radius 2 is 1.56 bits per heavy atom. The number of nitrogens with one attached hydrogen (secondary N) is 1. The first kappa shape index (κ1) is 34.0. The van der Waals surface area contributed by atoms with Crippen LogP contribution in [0.2, 0.25) is 10.0 Å². The Morgan fingerprint density at radius 1 is 0.907 bits per heavy atom. The van der Waals surface area contributed by atoms with Gasteiger partial charge in [-0.3, -0.25) is 13.9 Å². The van der Waals surface area contributed by atoms with Crippen LogP contribution < -0.4 is 19.1 Å². The minimum Gasteiger partial charge on any atom is -0.493 e. The standard InChI is InChI=1S/C31H37Cl2N3O6S/c1-7-21(3)34-31(38)22(4)35(18-23-10-14-26(32)27(33)16-23)30(37)19-36(24-11-15-28(41-5)29(17-24)42-6)43(39,40)25-12-8-20(2)9-13-25/h8-17,21-22H,7,18-19H2,1-6H3,(H,34,38)/t21-,22-/m0/s1. The molecule has 9 nitrogen and oxygen atoms in total. The van der Waals surface area contributed by atoms with Crippen molar-refractivity contribution in [2.24, 2.45) is 0 Å². The molecule has 0 saturated carbocycles. The van der Waals surface area contributed by atoms with Gasteiger partial charge >= 0.3 is 0 Å². The van der Waals surface area contributed by atoms with Crippen molar-refractivity contribution in [3.8, 4) is 11.5 Å². The van der Waals surface area contributed by atoms with E-state index in [2.05, 4.69) is 5.32 Å². The summed E-state index contributed by atoms with van der Waals surface area (Å²) in [5.41, 5.74) is 1.67. The fraction of sp³-hybridized carbons (Fsp3) is 0.355. The zero-order chi connectivity index (χ0) is 31.9. The Bertz CT molecular complexity index is 1550. The van der Waals surface area contributed by atoms with E-state index < -0.39 is 28.5 Å². The zero-order valence-corrected chi connectivity index (χ0v) is 27.4. The molecule has 2 atom stereocenters. The minimum atomic E-state index is -4.25. The number of carbonyl (C=O) groups excluding carboxylic acids is 2. The number of nitrogens with zero attached hydrogens (tertiary/aromatic N) is 2. The summed E-state index contributed by atoms with van der Waals surface area (Å²) in [5.74, 6) is -0.308. The van der Waals surface area contributed by atoms with Gasteiger partial charge in [0.2, 0.25) is 11.8 Å². The lowest BCUT2D eigenvalue weighted by atomic mass is 10.1. The number of anilines is 1. The largest absolute Gasteiger partial charge is 0.493 e. The van der Waals surface area contributed by atoms with Gasteiger partial charge in [-0.1, -0.05) is 53.9 Å². The molecule has 0 fully saturated rings. The van der Waals surface area contributed by atoms with Gasteiger partial charge in [-0.05, 0) is 69.2 Å². The zero-order valence-electron chi connectivity index (χ0n) is 25.1. The molecule has 0 heterocycles.